The first-order valence-corrected chi connectivity index (χ1v) is 5.82. The van der Waals surface area contributed by atoms with Gasteiger partial charge in [-0.25, -0.2) is 10.3 Å². The monoisotopic (exact) mass is 236 g/mol. The number of amides is 2. The lowest BCUT2D eigenvalue weighted by molar-refractivity contribution is 0.159. The Balaban J connectivity index is 2.63. The fourth-order valence-electron chi connectivity index (χ4n) is 1.73. The lowest BCUT2D eigenvalue weighted by Gasteiger charge is -2.14. The first-order valence-electron chi connectivity index (χ1n) is 5.82. The Morgan fingerprint density at radius 3 is 2.29 bits per heavy atom. The van der Waals surface area contributed by atoms with Crippen LogP contribution in [-0.2, 0) is 6.42 Å². The van der Waals surface area contributed by atoms with Gasteiger partial charge in [-0.3, -0.25) is 5.21 Å². The number of nitrogens with one attached hydrogen (secondary N) is 2. The Morgan fingerprint density at radius 1 is 1.24 bits per heavy atom. The van der Waals surface area contributed by atoms with E-state index in [1.54, 1.807) is 5.48 Å². The summed E-state index contributed by atoms with van der Waals surface area (Å²) in [5.74, 6) is 0.636. The Bertz CT molecular complexity index is 360. The number of hydrogen-bond donors (Lipinski definition) is 3. The van der Waals surface area contributed by atoms with E-state index in [1.807, 2.05) is 19.1 Å². The smallest absolute Gasteiger partial charge is 0.330 e. The van der Waals surface area contributed by atoms with Crippen molar-refractivity contribution in [3.8, 4) is 0 Å². The molecule has 1 aromatic rings. The summed E-state index contributed by atoms with van der Waals surface area (Å²) in [6, 6.07) is 7.42. The molecule has 1 aromatic carbocycles. The minimum absolute atomic E-state index is 0.129. The number of rotatable bonds is 4. The number of carbonyl (C=O) groups excluding carboxylic acids is 1. The summed E-state index contributed by atoms with van der Waals surface area (Å²) in [5, 5.41) is 11.0. The number of hydroxylamine groups is 1. The summed E-state index contributed by atoms with van der Waals surface area (Å²) in [4.78, 5) is 10.9. The molecule has 0 fully saturated rings. The van der Waals surface area contributed by atoms with Gasteiger partial charge < -0.3 is 5.32 Å². The van der Waals surface area contributed by atoms with E-state index >= 15 is 0 Å². The second-order valence-corrected chi connectivity index (χ2v) is 4.65. The molecule has 1 atom stereocenters. The van der Waals surface area contributed by atoms with E-state index in [2.05, 4.69) is 31.3 Å². The summed E-state index contributed by atoms with van der Waals surface area (Å²) in [5.41, 5.74) is 3.86. The maximum Gasteiger partial charge on any atom is 0.338 e. The fraction of sp³-hybridized carbons (Fsp3) is 0.462. The van der Waals surface area contributed by atoms with Gasteiger partial charge in [-0.1, -0.05) is 38.1 Å². The van der Waals surface area contributed by atoms with Crippen molar-refractivity contribution in [3.05, 3.63) is 35.4 Å². The summed E-state index contributed by atoms with van der Waals surface area (Å²) in [6.45, 7) is 6.24. The van der Waals surface area contributed by atoms with Crippen LogP contribution < -0.4 is 10.8 Å². The molecule has 94 valence electrons. The zero-order valence-corrected chi connectivity index (χ0v) is 10.5. The molecule has 0 aliphatic rings. The molecule has 2 amide bonds. The van der Waals surface area contributed by atoms with Gasteiger partial charge in [0, 0.05) is 0 Å². The van der Waals surface area contributed by atoms with Crippen LogP contribution in [0.25, 0.3) is 0 Å². The lowest BCUT2D eigenvalue weighted by Crippen LogP contribution is -2.34. The van der Waals surface area contributed by atoms with Gasteiger partial charge in [0.15, 0.2) is 0 Å². The van der Waals surface area contributed by atoms with Crippen molar-refractivity contribution < 1.29 is 10.0 Å². The summed E-state index contributed by atoms with van der Waals surface area (Å²) < 4.78 is 0. The summed E-state index contributed by atoms with van der Waals surface area (Å²) >= 11 is 0. The van der Waals surface area contributed by atoms with Gasteiger partial charge in [0.1, 0.15) is 0 Å². The minimum atomic E-state index is -0.594. The average molecular weight is 236 g/mol. The maximum atomic E-state index is 10.9. The Hall–Kier alpha value is -1.55. The van der Waals surface area contributed by atoms with E-state index in [0.717, 1.165) is 12.0 Å². The first kappa shape index (κ1) is 13.5. The lowest BCUT2D eigenvalue weighted by atomic mass is 10.00. The van der Waals surface area contributed by atoms with Crippen molar-refractivity contribution in [2.45, 2.75) is 33.2 Å². The van der Waals surface area contributed by atoms with Gasteiger partial charge in [-0.05, 0) is 30.4 Å². The van der Waals surface area contributed by atoms with E-state index in [4.69, 9.17) is 5.21 Å². The van der Waals surface area contributed by atoms with E-state index in [-0.39, 0.29) is 6.04 Å². The predicted molar refractivity (Wildman–Crippen MR) is 66.9 cm³/mol. The van der Waals surface area contributed by atoms with Crippen molar-refractivity contribution in [1.29, 1.82) is 0 Å². The molecule has 1 rings (SSSR count). The van der Waals surface area contributed by atoms with Gasteiger partial charge in [0.2, 0.25) is 0 Å². The van der Waals surface area contributed by atoms with Gasteiger partial charge >= 0.3 is 6.03 Å². The molecule has 0 heterocycles. The largest absolute Gasteiger partial charge is 0.338 e. The maximum absolute atomic E-state index is 10.9. The van der Waals surface area contributed by atoms with E-state index in [0.29, 0.717) is 5.92 Å². The van der Waals surface area contributed by atoms with E-state index < -0.39 is 6.03 Å². The van der Waals surface area contributed by atoms with Crippen LogP contribution in [0.1, 0.15) is 37.9 Å². The van der Waals surface area contributed by atoms with Crippen molar-refractivity contribution in [2.75, 3.05) is 0 Å². The molecule has 0 spiro atoms. The van der Waals surface area contributed by atoms with Gasteiger partial charge in [0.25, 0.3) is 0 Å². The van der Waals surface area contributed by atoms with Crippen LogP contribution in [0.4, 0.5) is 4.79 Å². The van der Waals surface area contributed by atoms with Crippen molar-refractivity contribution >= 4 is 6.03 Å². The number of urea groups is 1. The summed E-state index contributed by atoms with van der Waals surface area (Å²) in [7, 11) is 0. The van der Waals surface area contributed by atoms with E-state index in [1.165, 1.54) is 5.56 Å². The predicted octanol–water partition coefficient (Wildman–Crippen LogP) is 2.63. The molecule has 0 saturated carbocycles. The highest BCUT2D eigenvalue weighted by molar-refractivity contribution is 5.72. The molecular formula is C13H20N2O2. The number of benzene rings is 1. The number of hydrogen-bond acceptors (Lipinski definition) is 2. The van der Waals surface area contributed by atoms with Gasteiger partial charge in [0.05, 0.1) is 6.04 Å². The van der Waals surface area contributed by atoms with Crippen molar-refractivity contribution in [1.82, 2.24) is 10.8 Å². The number of carbonyl (C=O) groups is 1. The highest BCUT2D eigenvalue weighted by Gasteiger charge is 2.08. The Morgan fingerprint density at radius 2 is 1.82 bits per heavy atom. The molecule has 4 nitrogen and oxygen atoms in total. The minimum Gasteiger partial charge on any atom is -0.330 e. The SMILES string of the molecule is CC(C)Cc1ccc([C@H](C)NC(=O)NO)cc1. The quantitative estimate of drug-likeness (QED) is 0.556. The second-order valence-electron chi connectivity index (χ2n) is 4.65. The molecule has 0 unspecified atom stereocenters. The van der Waals surface area contributed by atoms with Crippen LogP contribution in [0.2, 0.25) is 0 Å². The molecule has 0 aromatic heterocycles. The van der Waals surface area contributed by atoms with Crippen LogP contribution in [-0.4, -0.2) is 11.2 Å². The average Bonchev–Trinajstić information content (AvgIpc) is 2.28. The molecule has 0 bridgehead atoms. The van der Waals surface area contributed by atoms with Gasteiger partial charge in [-0.2, -0.15) is 0 Å². The molecular weight excluding hydrogens is 216 g/mol. The highest BCUT2D eigenvalue weighted by atomic mass is 16.5. The van der Waals surface area contributed by atoms with E-state index in [9.17, 15) is 4.79 Å². The van der Waals surface area contributed by atoms with Crippen molar-refractivity contribution in [3.63, 3.8) is 0 Å². The molecule has 3 N–H and O–H groups in total. The Kier molecular flexibility index (Phi) is 4.97. The van der Waals surface area contributed by atoms with Crippen LogP contribution in [0.5, 0.6) is 0 Å². The van der Waals surface area contributed by atoms with Crippen molar-refractivity contribution in [2.24, 2.45) is 5.92 Å². The fourth-order valence-corrected chi connectivity index (χ4v) is 1.73. The topological polar surface area (TPSA) is 61.4 Å². The van der Waals surface area contributed by atoms with Crippen LogP contribution in [0, 0.1) is 5.92 Å². The molecule has 17 heavy (non-hydrogen) atoms. The molecule has 0 radical (unpaired) electrons. The second kappa shape index (κ2) is 6.25. The normalized spacial score (nSPS) is 12.3. The zero-order valence-electron chi connectivity index (χ0n) is 10.5. The van der Waals surface area contributed by atoms with Crippen LogP contribution in [0.3, 0.4) is 0 Å². The molecule has 0 aliphatic heterocycles. The standard InChI is InChI=1S/C13H20N2O2/c1-9(2)8-11-4-6-12(7-5-11)10(3)14-13(16)15-17/h4-7,9-10,17H,8H2,1-3H3,(H2,14,15,16)/t10-/m0/s1. The highest BCUT2D eigenvalue weighted by Crippen LogP contribution is 2.15. The third-order valence-corrected chi connectivity index (χ3v) is 2.57. The van der Waals surface area contributed by atoms with Crippen LogP contribution in [0.15, 0.2) is 24.3 Å². The molecule has 0 saturated heterocycles. The Labute approximate surface area is 102 Å². The zero-order chi connectivity index (χ0) is 12.8. The third-order valence-electron chi connectivity index (χ3n) is 2.57. The summed E-state index contributed by atoms with van der Waals surface area (Å²) in [6.07, 6.45) is 1.05. The first-order chi connectivity index (χ1) is 8.02. The molecule has 4 heteroatoms. The molecule has 0 aliphatic carbocycles. The van der Waals surface area contributed by atoms with Crippen LogP contribution >= 0.6 is 0 Å². The van der Waals surface area contributed by atoms with Gasteiger partial charge in [-0.15, -0.1) is 0 Å². The third kappa shape index (κ3) is 4.44.